The summed E-state index contributed by atoms with van der Waals surface area (Å²) in [6.45, 7) is 8.43. The summed E-state index contributed by atoms with van der Waals surface area (Å²) < 4.78 is 0. The van der Waals surface area contributed by atoms with E-state index in [1.165, 1.54) is 19.3 Å². The molecule has 0 aromatic carbocycles. The molecule has 188 valence electrons. The van der Waals surface area contributed by atoms with Gasteiger partial charge in [0, 0.05) is 11.8 Å². The number of amides is 1. The number of rotatable bonds is 4. The van der Waals surface area contributed by atoms with Crippen LogP contribution in [-0.2, 0) is 9.59 Å². The van der Waals surface area contributed by atoms with Gasteiger partial charge in [-0.25, -0.2) is 4.79 Å². The van der Waals surface area contributed by atoms with E-state index >= 15 is 0 Å². The monoisotopic (exact) mass is 465 g/mol. The van der Waals surface area contributed by atoms with Gasteiger partial charge in [0.05, 0.1) is 0 Å². The summed E-state index contributed by atoms with van der Waals surface area (Å²) in [4.78, 5) is 23.6. The fourth-order valence-electron chi connectivity index (χ4n) is 9.66. The molecule has 7 heteroatoms. The zero-order chi connectivity index (χ0) is 24.4. The highest BCUT2D eigenvalue weighted by Crippen LogP contribution is 2.71. The highest BCUT2D eigenvalue weighted by Gasteiger charge is 2.78. The predicted molar refractivity (Wildman–Crippen MR) is 123 cm³/mol. The summed E-state index contributed by atoms with van der Waals surface area (Å²) in [7, 11) is 0. The number of hydrogen-bond acceptors (Lipinski definition) is 5. The van der Waals surface area contributed by atoms with E-state index < -0.39 is 40.6 Å². The van der Waals surface area contributed by atoms with E-state index in [1.807, 2.05) is 20.8 Å². The Bertz CT molecular complexity index is 800. The first-order valence-corrected chi connectivity index (χ1v) is 13.1. The fraction of sp³-hybridized carbons (Fsp3) is 0.923. The minimum Gasteiger partial charge on any atom is -0.474 e. The summed E-state index contributed by atoms with van der Waals surface area (Å²) in [5.41, 5.74) is -2.89. The Kier molecular flexibility index (Phi) is 6.19. The maximum Gasteiger partial charge on any atom is 0.394 e. The minimum atomic E-state index is -2.61. The van der Waals surface area contributed by atoms with Crippen LogP contribution in [0, 0.1) is 46.3 Å². The average molecular weight is 466 g/mol. The van der Waals surface area contributed by atoms with Gasteiger partial charge < -0.3 is 25.7 Å². The number of carboxylic acids is 1. The first kappa shape index (κ1) is 24.9. The van der Waals surface area contributed by atoms with Crippen LogP contribution < -0.4 is 5.32 Å². The highest BCUT2D eigenvalue weighted by atomic mass is 16.5. The fourth-order valence-corrected chi connectivity index (χ4v) is 9.66. The maximum atomic E-state index is 12.3. The van der Waals surface area contributed by atoms with Crippen LogP contribution in [0.1, 0.15) is 91.9 Å². The third kappa shape index (κ3) is 3.40. The van der Waals surface area contributed by atoms with Crippen molar-refractivity contribution in [2.75, 3.05) is 0 Å². The Morgan fingerprint density at radius 2 is 1.70 bits per heavy atom. The van der Waals surface area contributed by atoms with E-state index in [2.05, 4.69) is 12.2 Å². The smallest absolute Gasteiger partial charge is 0.394 e. The molecule has 4 fully saturated rings. The van der Waals surface area contributed by atoms with Crippen molar-refractivity contribution >= 4 is 11.9 Å². The van der Waals surface area contributed by atoms with Gasteiger partial charge in [-0.3, -0.25) is 4.79 Å². The van der Waals surface area contributed by atoms with E-state index in [0.29, 0.717) is 11.8 Å². The van der Waals surface area contributed by atoms with Crippen molar-refractivity contribution < 1.29 is 30.0 Å². The van der Waals surface area contributed by atoms with Crippen molar-refractivity contribution in [2.24, 2.45) is 46.3 Å². The highest BCUT2D eigenvalue weighted by molar-refractivity contribution is 6.31. The van der Waals surface area contributed by atoms with Crippen LogP contribution >= 0.6 is 0 Å². The van der Waals surface area contributed by atoms with Gasteiger partial charge in [-0.15, -0.1) is 0 Å². The average Bonchev–Trinajstić information content (AvgIpc) is 2.86. The van der Waals surface area contributed by atoms with Crippen LogP contribution in [0.4, 0.5) is 0 Å². The van der Waals surface area contributed by atoms with Gasteiger partial charge in [-0.1, -0.05) is 53.4 Å². The van der Waals surface area contributed by atoms with Crippen LogP contribution in [0.25, 0.3) is 0 Å². The molecule has 0 radical (unpaired) electrons. The zero-order valence-electron chi connectivity index (χ0n) is 20.6. The third-order valence-electron chi connectivity index (χ3n) is 10.8. The van der Waals surface area contributed by atoms with E-state index in [1.54, 1.807) is 0 Å². The topological polar surface area (TPSA) is 127 Å². The molecule has 5 N–H and O–H groups in total. The zero-order valence-corrected chi connectivity index (χ0v) is 20.6. The maximum absolute atomic E-state index is 12.3. The number of nitrogens with one attached hydrogen (secondary N) is 1. The Balaban J connectivity index is 1.80. The van der Waals surface area contributed by atoms with Crippen molar-refractivity contribution in [1.82, 2.24) is 5.32 Å². The van der Waals surface area contributed by atoms with Gasteiger partial charge >= 0.3 is 11.9 Å². The molecule has 0 bridgehead atoms. The Hall–Kier alpha value is -1.18. The second kappa shape index (κ2) is 8.20. The molecule has 4 saturated carbocycles. The second-order valence-corrected chi connectivity index (χ2v) is 12.3. The molecule has 0 saturated heterocycles. The lowest BCUT2D eigenvalue weighted by atomic mass is 9.44. The molecule has 0 spiro atoms. The molecule has 0 aromatic rings. The largest absolute Gasteiger partial charge is 0.474 e. The molecule has 33 heavy (non-hydrogen) atoms. The Morgan fingerprint density at radius 1 is 1.00 bits per heavy atom. The summed E-state index contributed by atoms with van der Waals surface area (Å²) in [6.07, 6.45) is 10.1. The van der Waals surface area contributed by atoms with Crippen LogP contribution in [0.15, 0.2) is 0 Å². The van der Waals surface area contributed by atoms with Gasteiger partial charge in [0.15, 0.2) is 5.72 Å². The summed E-state index contributed by atoms with van der Waals surface area (Å²) in [6, 6.07) is 0. The lowest BCUT2D eigenvalue weighted by Crippen LogP contribution is -2.68. The lowest BCUT2D eigenvalue weighted by Gasteiger charge is -2.61. The molecule has 9 atom stereocenters. The molecular formula is C26H43NO6. The van der Waals surface area contributed by atoms with Crippen molar-refractivity contribution in [1.29, 1.82) is 0 Å². The van der Waals surface area contributed by atoms with Gasteiger partial charge in [0.25, 0.3) is 0 Å². The van der Waals surface area contributed by atoms with Crippen LogP contribution in [0.2, 0.25) is 0 Å². The normalized spacial score (nSPS) is 47.1. The van der Waals surface area contributed by atoms with E-state index in [0.717, 1.165) is 44.9 Å². The third-order valence-corrected chi connectivity index (χ3v) is 10.8. The molecular weight excluding hydrogens is 422 g/mol. The first-order valence-electron chi connectivity index (χ1n) is 13.1. The van der Waals surface area contributed by atoms with Crippen LogP contribution in [0.5, 0.6) is 0 Å². The molecule has 7 nitrogen and oxygen atoms in total. The van der Waals surface area contributed by atoms with Gasteiger partial charge in [-0.05, 0) is 73.0 Å². The van der Waals surface area contributed by atoms with Crippen LogP contribution in [0.3, 0.4) is 0 Å². The summed E-state index contributed by atoms with van der Waals surface area (Å²) >= 11 is 0. The van der Waals surface area contributed by atoms with Crippen molar-refractivity contribution in [3.8, 4) is 0 Å². The number of aliphatic hydroxyl groups is 3. The lowest BCUT2D eigenvalue weighted by molar-refractivity contribution is -0.312. The van der Waals surface area contributed by atoms with Crippen molar-refractivity contribution in [3.63, 3.8) is 0 Å². The van der Waals surface area contributed by atoms with Crippen LogP contribution in [-0.4, -0.2) is 43.8 Å². The number of aliphatic carboxylic acids is 1. The molecule has 0 aromatic heterocycles. The standard InChI is InChI=1S/C26H43NO6/c1-5-8-15(2)19-24(4)14-12-18-17(11-10-16-9-6-7-13-23(16,18)3)20(24)26(32,33)25(19,31)27-21(28)22(29)30/h15-20,31-33H,5-14H2,1-4H3,(H,27,28)(H,29,30)/t15-,16?,17-,18+,19-,20+,23+,24-,25?/m1/s1. The number of hydrogen-bond donors (Lipinski definition) is 5. The first-order chi connectivity index (χ1) is 15.3. The molecule has 4 aliphatic carbocycles. The van der Waals surface area contributed by atoms with Crippen molar-refractivity contribution in [2.45, 2.75) is 103 Å². The molecule has 0 aliphatic heterocycles. The van der Waals surface area contributed by atoms with Crippen molar-refractivity contribution in [3.05, 3.63) is 0 Å². The number of carbonyl (C=O) groups is 2. The summed E-state index contributed by atoms with van der Waals surface area (Å²) in [5.74, 6) is -6.15. The van der Waals surface area contributed by atoms with E-state index in [-0.39, 0.29) is 17.3 Å². The van der Waals surface area contributed by atoms with E-state index in [4.69, 9.17) is 0 Å². The molecule has 4 rings (SSSR count). The quantitative estimate of drug-likeness (QED) is 0.320. The minimum absolute atomic E-state index is 0.0187. The van der Waals surface area contributed by atoms with Gasteiger partial charge in [0.2, 0.25) is 5.79 Å². The second-order valence-electron chi connectivity index (χ2n) is 12.3. The van der Waals surface area contributed by atoms with E-state index in [9.17, 15) is 30.0 Å². The summed E-state index contributed by atoms with van der Waals surface area (Å²) in [5, 5.41) is 46.7. The molecule has 2 unspecified atom stereocenters. The Labute approximate surface area is 197 Å². The number of carboxylic acid groups (broad SMARTS) is 1. The van der Waals surface area contributed by atoms with Gasteiger partial charge in [-0.2, -0.15) is 0 Å². The van der Waals surface area contributed by atoms with Gasteiger partial charge in [0.1, 0.15) is 0 Å². The Morgan fingerprint density at radius 3 is 2.33 bits per heavy atom. The number of carbonyl (C=O) groups excluding carboxylic acids is 1. The predicted octanol–water partition coefficient (Wildman–Crippen LogP) is 3.26. The molecule has 0 heterocycles. The number of fused-ring (bicyclic) bond motifs is 5. The molecule has 1 amide bonds. The SMILES string of the molecule is CCC[C@@H](C)[C@H]1C(O)(NC(=O)C(=O)O)C(O)(O)[C@H]2[C@@H]3CCC4CCCC[C@]4(C)[C@H]3CC[C@@]21C. The molecule has 4 aliphatic rings.